The minimum atomic E-state index is -1.91. The summed E-state index contributed by atoms with van der Waals surface area (Å²) in [5.74, 6) is 0.420. The predicted molar refractivity (Wildman–Crippen MR) is 209 cm³/mol. The number of rotatable bonds is 2. The Morgan fingerprint density at radius 3 is 2.10 bits per heavy atom. The molecule has 1 atom stereocenters. The van der Waals surface area contributed by atoms with E-state index in [1.165, 1.54) is 82.8 Å². The van der Waals surface area contributed by atoms with Gasteiger partial charge in [-0.15, -0.1) is 0 Å². The van der Waals surface area contributed by atoms with Crippen LogP contribution in [0, 0.1) is 5.92 Å². The third-order valence-corrected chi connectivity index (χ3v) is 15.5. The van der Waals surface area contributed by atoms with Crippen LogP contribution < -0.4 is 10.4 Å². The highest BCUT2D eigenvalue weighted by Gasteiger charge is 2.40. The molecule has 0 bridgehead atoms. The lowest BCUT2D eigenvalue weighted by atomic mass is 9.77. The third kappa shape index (κ3) is 3.60. The summed E-state index contributed by atoms with van der Waals surface area (Å²) in [7, 11) is -1.91. The van der Waals surface area contributed by atoms with E-state index in [-0.39, 0.29) is 5.41 Å². The fraction of sp³-hybridized carbons (Fsp3) is 0.149. The monoisotopic (exact) mass is 630 g/mol. The zero-order chi connectivity index (χ0) is 32.4. The topological polar surface area (TPSA) is 0 Å². The Bertz CT molecular complexity index is 2530. The standard InChI is InChI=1S/C47H38Si/c1-47(2)40-24-11-9-21-35(40)46-36(23-14-25-41(46)47)45-34-20-8-7-19-33(34)44(32-22-13-16-29-15-5-6-17-30(29)32)39-28-43-37(27-38(39)45)31-18-10-12-26-42(31)48(43,3)4/h5-15,17-29H,16H2,1-4H3. The smallest absolute Gasteiger partial charge is 0.0830 e. The van der Waals surface area contributed by atoms with Crippen molar-refractivity contribution < 1.29 is 0 Å². The van der Waals surface area contributed by atoms with Crippen molar-refractivity contribution in [3.63, 3.8) is 0 Å². The molecular weight excluding hydrogens is 593 g/mol. The molecule has 6 aromatic carbocycles. The van der Waals surface area contributed by atoms with Gasteiger partial charge in [0.1, 0.15) is 8.07 Å². The van der Waals surface area contributed by atoms with E-state index in [9.17, 15) is 0 Å². The van der Waals surface area contributed by atoms with Gasteiger partial charge >= 0.3 is 0 Å². The van der Waals surface area contributed by atoms with Gasteiger partial charge in [-0.3, -0.25) is 0 Å². The second kappa shape index (κ2) is 9.78. The highest BCUT2D eigenvalue weighted by Crippen LogP contribution is 2.55. The van der Waals surface area contributed by atoms with Crippen LogP contribution in [-0.4, -0.2) is 8.07 Å². The first-order valence-electron chi connectivity index (χ1n) is 17.5. The van der Waals surface area contributed by atoms with Crippen molar-refractivity contribution in [2.75, 3.05) is 0 Å². The van der Waals surface area contributed by atoms with Gasteiger partial charge in [0.25, 0.3) is 0 Å². The Balaban J connectivity index is 1.41. The van der Waals surface area contributed by atoms with Crippen molar-refractivity contribution in [1.82, 2.24) is 0 Å². The Kier molecular flexibility index (Phi) is 5.72. The lowest BCUT2D eigenvalue weighted by Crippen LogP contribution is -2.49. The molecule has 0 nitrogen and oxygen atoms in total. The molecule has 0 saturated carbocycles. The fourth-order valence-corrected chi connectivity index (χ4v) is 12.7. The molecule has 48 heavy (non-hydrogen) atoms. The largest absolute Gasteiger partial charge is 0.113 e. The molecule has 6 aromatic rings. The van der Waals surface area contributed by atoms with Crippen molar-refractivity contribution in [1.29, 1.82) is 0 Å². The Morgan fingerprint density at radius 1 is 0.562 bits per heavy atom. The molecule has 0 aromatic heterocycles. The molecule has 10 rings (SSSR count). The van der Waals surface area contributed by atoms with Crippen molar-refractivity contribution in [3.05, 3.63) is 162 Å². The summed E-state index contributed by atoms with van der Waals surface area (Å²) in [6.07, 6.45) is 15.1. The number of benzene rings is 6. The maximum Gasteiger partial charge on any atom is 0.113 e. The van der Waals surface area contributed by atoms with Gasteiger partial charge in [-0.25, -0.2) is 0 Å². The van der Waals surface area contributed by atoms with Gasteiger partial charge < -0.3 is 0 Å². The van der Waals surface area contributed by atoms with E-state index in [2.05, 4.69) is 167 Å². The van der Waals surface area contributed by atoms with E-state index in [1.54, 1.807) is 10.4 Å². The van der Waals surface area contributed by atoms with Gasteiger partial charge in [0.15, 0.2) is 0 Å². The number of fused-ring (bicyclic) bond motifs is 9. The molecule has 0 radical (unpaired) electrons. The van der Waals surface area contributed by atoms with Crippen LogP contribution in [0.1, 0.15) is 37.0 Å². The van der Waals surface area contributed by atoms with Gasteiger partial charge in [0, 0.05) is 11.3 Å². The summed E-state index contributed by atoms with van der Waals surface area (Å²) >= 11 is 0. The van der Waals surface area contributed by atoms with Crippen molar-refractivity contribution in [2.24, 2.45) is 5.92 Å². The van der Waals surface area contributed by atoms with Crippen molar-refractivity contribution >= 4 is 45.6 Å². The maximum absolute atomic E-state index is 2.64. The highest BCUT2D eigenvalue weighted by atomic mass is 28.3. The summed E-state index contributed by atoms with van der Waals surface area (Å²) in [5, 5.41) is 8.53. The SMILES string of the molecule is CC1(C)c2ccccc2-c2c(-c3c4ccccc4c(C4=C5C=CC=CC5CC=C4)c4cc5c(cc34)-c3ccccc3[Si]5(C)C)cccc21. The lowest BCUT2D eigenvalue weighted by Gasteiger charge is -2.27. The van der Waals surface area contributed by atoms with Crippen molar-refractivity contribution in [2.45, 2.75) is 38.8 Å². The van der Waals surface area contributed by atoms with Crippen LogP contribution in [0.25, 0.3) is 60.5 Å². The molecule has 0 fully saturated rings. The summed E-state index contributed by atoms with van der Waals surface area (Å²) < 4.78 is 0. The highest BCUT2D eigenvalue weighted by molar-refractivity contribution is 7.04. The predicted octanol–water partition coefficient (Wildman–Crippen LogP) is 11.2. The fourth-order valence-electron chi connectivity index (χ4n) is 9.65. The quantitative estimate of drug-likeness (QED) is 0.132. The maximum atomic E-state index is 2.64. The Labute approximate surface area is 284 Å². The van der Waals surface area contributed by atoms with Crippen molar-refractivity contribution in [3.8, 4) is 33.4 Å². The minimum Gasteiger partial charge on any atom is -0.0830 e. The Morgan fingerprint density at radius 2 is 1.25 bits per heavy atom. The van der Waals surface area contributed by atoms with Gasteiger partial charge in [0.2, 0.25) is 0 Å². The molecular formula is C47H38Si. The summed E-state index contributed by atoms with van der Waals surface area (Å²) in [5.41, 5.74) is 15.3. The van der Waals surface area contributed by atoms with Crippen LogP contribution in [0.3, 0.4) is 0 Å². The average molecular weight is 631 g/mol. The first-order valence-corrected chi connectivity index (χ1v) is 20.5. The van der Waals surface area contributed by atoms with Gasteiger partial charge in [-0.2, -0.15) is 0 Å². The van der Waals surface area contributed by atoms with Crippen LogP contribution in [0.15, 0.2) is 145 Å². The average Bonchev–Trinajstić information content (AvgIpc) is 3.49. The number of hydrogen-bond acceptors (Lipinski definition) is 0. The zero-order valence-electron chi connectivity index (χ0n) is 28.1. The summed E-state index contributed by atoms with van der Waals surface area (Å²) in [6.45, 7) is 9.87. The van der Waals surface area contributed by atoms with Crippen LogP contribution in [0.5, 0.6) is 0 Å². The molecule has 1 unspecified atom stereocenters. The van der Waals surface area contributed by atoms with Crippen LogP contribution in [-0.2, 0) is 5.41 Å². The van der Waals surface area contributed by atoms with Crippen LogP contribution in [0.4, 0.5) is 0 Å². The lowest BCUT2D eigenvalue weighted by molar-refractivity contribution is 0.660. The van der Waals surface area contributed by atoms with Crippen LogP contribution >= 0.6 is 0 Å². The molecule has 0 spiro atoms. The summed E-state index contributed by atoms with van der Waals surface area (Å²) in [6, 6.07) is 39.8. The molecule has 1 heterocycles. The minimum absolute atomic E-state index is 0.0570. The molecule has 0 N–H and O–H groups in total. The van der Waals surface area contributed by atoms with E-state index in [0.717, 1.165) is 6.42 Å². The molecule has 230 valence electrons. The van der Waals surface area contributed by atoms with E-state index in [4.69, 9.17) is 0 Å². The first-order chi connectivity index (χ1) is 23.4. The zero-order valence-corrected chi connectivity index (χ0v) is 29.1. The van der Waals surface area contributed by atoms with Gasteiger partial charge in [-0.1, -0.05) is 160 Å². The second-order valence-corrected chi connectivity index (χ2v) is 19.5. The molecule has 0 saturated heterocycles. The molecule has 0 amide bonds. The van der Waals surface area contributed by atoms with E-state index >= 15 is 0 Å². The normalized spacial score (nSPS) is 19.0. The van der Waals surface area contributed by atoms with E-state index in [1.807, 2.05) is 0 Å². The van der Waals surface area contributed by atoms with E-state index in [0.29, 0.717) is 5.92 Å². The van der Waals surface area contributed by atoms with Gasteiger partial charge in [-0.05, 0) is 106 Å². The molecule has 4 aliphatic rings. The number of allylic oxidation sites excluding steroid dienone is 8. The summed E-state index contributed by atoms with van der Waals surface area (Å²) in [4.78, 5) is 0. The molecule has 3 aliphatic carbocycles. The number of hydrogen-bond donors (Lipinski definition) is 0. The Hall–Kier alpha value is -4.98. The third-order valence-electron chi connectivity index (χ3n) is 12.0. The van der Waals surface area contributed by atoms with E-state index < -0.39 is 8.07 Å². The van der Waals surface area contributed by atoms with Gasteiger partial charge in [0.05, 0.1) is 0 Å². The second-order valence-electron chi connectivity index (χ2n) is 15.2. The molecule has 1 heteroatoms. The molecule has 1 aliphatic heterocycles. The van der Waals surface area contributed by atoms with Crippen LogP contribution in [0.2, 0.25) is 13.1 Å². The first kappa shape index (κ1) is 28.1.